The normalized spacial score (nSPS) is 18.9. The topological polar surface area (TPSA) is 67.8 Å². The number of ether oxygens (including phenoxy) is 2. The summed E-state index contributed by atoms with van der Waals surface area (Å²) in [6.45, 7) is 0.387. The first-order chi connectivity index (χ1) is 14.2. The van der Waals surface area contributed by atoms with Gasteiger partial charge < -0.3 is 19.9 Å². The first kappa shape index (κ1) is 19.6. The smallest absolute Gasteiger partial charge is 0.285 e. The highest BCUT2D eigenvalue weighted by molar-refractivity contribution is 7.17. The van der Waals surface area contributed by atoms with Crippen molar-refractivity contribution < 1.29 is 19.4 Å². The largest absolute Gasteiger partial charge is 0.459 e. The summed E-state index contributed by atoms with van der Waals surface area (Å²) in [5.41, 5.74) is 3.03. The van der Waals surface area contributed by atoms with Gasteiger partial charge in [0.15, 0.2) is 5.76 Å². The molecule has 2 heterocycles. The molecule has 1 aromatic heterocycles. The van der Waals surface area contributed by atoms with Crippen molar-refractivity contribution in [3.05, 3.63) is 82.4 Å². The Labute approximate surface area is 173 Å². The number of likely N-dealkylation sites (N-methyl/N-ethyl adjacent to an activating group) is 1. The van der Waals surface area contributed by atoms with E-state index in [1.165, 1.54) is 15.6 Å². The molecule has 29 heavy (non-hydrogen) atoms. The summed E-state index contributed by atoms with van der Waals surface area (Å²) < 4.78 is 13.1. The lowest BCUT2D eigenvalue weighted by Gasteiger charge is -2.29. The van der Waals surface area contributed by atoms with Crippen LogP contribution in [0.4, 0.5) is 0 Å². The van der Waals surface area contributed by atoms with Crippen LogP contribution in [0.3, 0.4) is 0 Å². The third-order valence-electron chi connectivity index (χ3n) is 5.06. The lowest BCUT2D eigenvalue weighted by atomic mass is 9.92. The molecule has 1 aliphatic heterocycles. The SMILES string of the molecule is CNC(=O)C1=C[C@@H](c2csc3ccccc23)C[C@@H](OCc2ccc(CO)cc2)O1. The number of nitrogens with one attached hydrogen (secondary N) is 1. The Balaban J connectivity index is 1.54. The van der Waals surface area contributed by atoms with Gasteiger partial charge in [-0.15, -0.1) is 11.3 Å². The van der Waals surface area contributed by atoms with E-state index in [2.05, 4.69) is 22.8 Å². The first-order valence-corrected chi connectivity index (χ1v) is 10.4. The van der Waals surface area contributed by atoms with E-state index < -0.39 is 6.29 Å². The molecule has 3 aromatic rings. The minimum absolute atomic E-state index is 0.0173. The maximum Gasteiger partial charge on any atom is 0.285 e. The van der Waals surface area contributed by atoms with Gasteiger partial charge in [-0.2, -0.15) is 0 Å². The maximum absolute atomic E-state index is 12.3. The summed E-state index contributed by atoms with van der Waals surface area (Å²) in [5, 5.41) is 15.2. The van der Waals surface area contributed by atoms with Crippen LogP contribution < -0.4 is 5.32 Å². The Hall–Kier alpha value is -2.67. The van der Waals surface area contributed by atoms with Crippen molar-refractivity contribution in [2.75, 3.05) is 7.05 Å². The zero-order valence-corrected chi connectivity index (χ0v) is 16.9. The van der Waals surface area contributed by atoms with E-state index in [1.54, 1.807) is 18.4 Å². The molecular formula is C23H23NO4S. The number of carbonyl (C=O) groups is 1. The fourth-order valence-electron chi connectivity index (χ4n) is 3.47. The Kier molecular flexibility index (Phi) is 5.94. The molecule has 0 bridgehead atoms. The molecular weight excluding hydrogens is 386 g/mol. The van der Waals surface area contributed by atoms with Crippen LogP contribution in [0.5, 0.6) is 0 Å². The summed E-state index contributed by atoms with van der Waals surface area (Å²) in [5.74, 6) is 0.0729. The van der Waals surface area contributed by atoms with Crippen LogP contribution in [0.1, 0.15) is 29.0 Å². The van der Waals surface area contributed by atoms with Gasteiger partial charge in [-0.05, 0) is 39.6 Å². The number of amides is 1. The number of hydrogen-bond donors (Lipinski definition) is 2. The van der Waals surface area contributed by atoms with Crippen molar-refractivity contribution in [2.24, 2.45) is 0 Å². The van der Waals surface area contributed by atoms with Gasteiger partial charge in [0.25, 0.3) is 5.91 Å². The second kappa shape index (κ2) is 8.78. The van der Waals surface area contributed by atoms with Crippen molar-refractivity contribution in [1.29, 1.82) is 0 Å². The molecule has 2 atom stereocenters. The zero-order chi connectivity index (χ0) is 20.2. The van der Waals surface area contributed by atoms with E-state index in [0.717, 1.165) is 11.1 Å². The molecule has 1 aliphatic rings. The van der Waals surface area contributed by atoms with E-state index in [0.29, 0.717) is 18.8 Å². The second-order valence-corrected chi connectivity index (χ2v) is 7.88. The minimum Gasteiger partial charge on any atom is -0.459 e. The molecule has 2 aromatic carbocycles. The van der Waals surface area contributed by atoms with Crippen LogP contribution in [-0.2, 0) is 27.5 Å². The monoisotopic (exact) mass is 409 g/mol. The number of allylic oxidation sites excluding steroid dienone is 1. The molecule has 0 saturated heterocycles. The molecule has 0 aliphatic carbocycles. The van der Waals surface area contributed by atoms with Gasteiger partial charge in [-0.1, -0.05) is 42.5 Å². The van der Waals surface area contributed by atoms with Crippen LogP contribution in [0, 0.1) is 0 Å². The molecule has 0 saturated carbocycles. The predicted molar refractivity (Wildman–Crippen MR) is 113 cm³/mol. The van der Waals surface area contributed by atoms with Crippen LogP contribution in [0.15, 0.2) is 65.7 Å². The maximum atomic E-state index is 12.3. The number of carbonyl (C=O) groups excluding carboxylic acids is 1. The predicted octanol–water partition coefficient (Wildman–Crippen LogP) is 4.07. The van der Waals surface area contributed by atoms with E-state index in [4.69, 9.17) is 14.6 Å². The fraction of sp³-hybridized carbons (Fsp3) is 0.261. The average molecular weight is 410 g/mol. The van der Waals surface area contributed by atoms with E-state index >= 15 is 0 Å². The number of benzene rings is 2. The molecule has 2 N–H and O–H groups in total. The lowest BCUT2D eigenvalue weighted by Crippen LogP contribution is -2.31. The summed E-state index contributed by atoms with van der Waals surface area (Å²) >= 11 is 1.71. The lowest BCUT2D eigenvalue weighted by molar-refractivity contribution is -0.150. The van der Waals surface area contributed by atoms with Gasteiger partial charge in [0, 0.05) is 24.1 Å². The molecule has 0 unspecified atom stereocenters. The molecule has 0 radical (unpaired) electrons. The highest BCUT2D eigenvalue weighted by atomic mass is 32.1. The van der Waals surface area contributed by atoms with E-state index in [-0.39, 0.29) is 18.4 Å². The molecule has 6 heteroatoms. The molecule has 5 nitrogen and oxygen atoms in total. The average Bonchev–Trinajstić information content (AvgIpc) is 3.21. The Bertz CT molecular complexity index is 1020. The summed E-state index contributed by atoms with van der Waals surface area (Å²) in [7, 11) is 1.59. The number of fused-ring (bicyclic) bond motifs is 1. The molecule has 1 amide bonds. The number of hydrogen-bond acceptors (Lipinski definition) is 5. The zero-order valence-electron chi connectivity index (χ0n) is 16.1. The second-order valence-electron chi connectivity index (χ2n) is 6.97. The van der Waals surface area contributed by atoms with Gasteiger partial charge in [0.05, 0.1) is 13.2 Å². The quantitative estimate of drug-likeness (QED) is 0.644. The van der Waals surface area contributed by atoms with Crippen molar-refractivity contribution >= 4 is 27.3 Å². The van der Waals surface area contributed by atoms with Crippen LogP contribution in [0.2, 0.25) is 0 Å². The van der Waals surface area contributed by atoms with Crippen LogP contribution in [0.25, 0.3) is 10.1 Å². The molecule has 4 rings (SSSR count). The Morgan fingerprint density at radius 2 is 1.97 bits per heavy atom. The van der Waals surface area contributed by atoms with Gasteiger partial charge in [-0.3, -0.25) is 4.79 Å². The van der Waals surface area contributed by atoms with Gasteiger partial charge >= 0.3 is 0 Å². The standard InChI is InChI=1S/C23H23NO4S/c1-24-23(26)20-10-17(19-14-29-21-5-3-2-4-18(19)21)11-22(28-20)27-13-16-8-6-15(12-25)7-9-16/h2-10,14,17,22,25H,11-13H2,1H3,(H,24,26)/t17-,22+/m1/s1. The molecule has 150 valence electrons. The number of thiophene rings is 1. The van der Waals surface area contributed by atoms with Gasteiger partial charge in [0.1, 0.15) is 0 Å². The third-order valence-corrected chi connectivity index (χ3v) is 6.04. The number of aliphatic hydroxyl groups is 1. The number of rotatable bonds is 6. The van der Waals surface area contributed by atoms with Crippen LogP contribution >= 0.6 is 11.3 Å². The summed E-state index contributed by atoms with van der Waals surface area (Å²) in [4.78, 5) is 12.3. The first-order valence-electron chi connectivity index (χ1n) is 9.55. The molecule has 0 fully saturated rings. The fourth-order valence-corrected chi connectivity index (χ4v) is 4.50. The van der Waals surface area contributed by atoms with E-state index in [1.807, 2.05) is 42.5 Å². The van der Waals surface area contributed by atoms with Crippen molar-refractivity contribution in [1.82, 2.24) is 5.32 Å². The van der Waals surface area contributed by atoms with Crippen molar-refractivity contribution in [2.45, 2.75) is 31.8 Å². The van der Waals surface area contributed by atoms with Crippen molar-refractivity contribution in [3.63, 3.8) is 0 Å². The summed E-state index contributed by atoms with van der Waals surface area (Å²) in [6, 6.07) is 15.9. The Morgan fingerprint density at radius 3 is 2.72 bits per heavy atom. The Morgan fingerprint density at radius 1 is 1.21 bits per heavy atom. The van der Waals surface area contributed by atoms with Gasteiger partial charge in [-0.25, -0.2) is 0 Å². The van der Waals surface area contributed by atoms with Crippen LogP contribution in [-0.4, -0.2) is 24.4 Å². The van der Waals surface area contributed by atoms with Crippen molar-refractivity contribution in [3.8, 4) is 0 Å². The highest BCUT2D eigenvalue weighted by Crippen LogP contribution is 2.38. The molecule has 0 spiro atoms. The van der Waals surface area contributed by atoms with E-state index in [9.17, 15) is 4.79 Å². The number of aliphatic hydroxyl groups excluding tert-OH is 1. The minimum atomic E-state index is -0.520. The third kappa shape index (κ3) is 4.34. The highest BCUT2D eigenvalue weighted by Gasteiger charge is 2.29. The summed E-state index contributed by atoms with van der Waals surface area (Å²) in [6.07, 6.45) is 2.01. The van der Waals surface area contributed by atoms with Gasteiger partial charge in [0.2, 0.25) is 6.29 Å².